The van der Waals surface area contributed by atoms with Crippen LogP contribution in [0.25, 0.3) is 0 Å². The van der Waals surface area contributed by atoms with Gasteiger partial charge in [-0.1, -0.05) is 70.4 Å². The highest BCUT2D eigenvalue weighted by Gasteiger charge is 2.29. The Morgan fingerprint density at radius 3 is 1.67 bits per heavy atom. The summed E-state index contributed by atoms with van der Waals surface area (Å²) < 4.78 is 0.149. The van der Waals surface area contributed by atoms with Crippen molar-refractivity contribution in [2.24, 2.45) is 0 Å². The highest BCUT2D eigenvalue weighted by Crippen LogP contribution is 2.13. The predicted molar refractivity (Wildman–Crippen MR) is 115 cm³/mol. The van der Waals surface area contributed by atoms with Crippen LogP contribution in [-0.4, -0.2) is 54.0 Å². The van der Waals surface area contributed by atoms with Crippen molar-refractivity contribution in [1.82, 2.24) is 0 Å². The summed E-state index contributed by atoms with van der Waals surface area (Å²) in [6, 6.07) is 0. The summed E-state index contributed by atoms with van der Waals surface area (Å²) in [4.78, 5) is 12.3. The lowest BCUT2D eigenvalue weighted by atomic mass is 10.1. The number of aliphatic hydroxyl groups is 2. The molecule has 1 amide bonds. The largest absolute Gasteiger partial charge is 0.390 e. The van der Waals surface area contributed by atoms with E-state index in [1.165, 1.54) is 70.6 Å². The lowest BCUT2D eigenvalue weighted by Gasteiger charge is -2.30. The van der Waals surface area contributed by atoms with Gasteiger partial charge in [0.25, 0.3) is 0 Å². The zero-order valence-electron chi connectivity index (χ0n) is 18.1. The van der Waals surface area contributed by atoms with E-state index in [1.54, 1.807) is 0 Å². The molecule has 0 atom stereocenters. The minimum Gasteiger partial charge on any atom is -0.390 e. The molecule has 0 fully saturated rings. The Morgan fingerprint density at radius 2 is 1.19 bits per heavy atom. The smallest absolute Gasteiger partial charge is 0.313 e. The van der Waals surface area contributed by atoms with Crippen LogP contribution in [0.15, 0.2) is 12.2 Å². The quantitative estimate of drug-likeness (QED) is 0.187. The minimum absolute atomic E-state index is 0.0192. The number of carbonyl (C=O) groups excluding carboxylic acids is 1. The molecular weight excluding hydrogens is 338 g/mol. The molecule has 2 N–H and O–H groups in total. The van der Waals surface area contributed by atoms with E-state index in [9.17, 15) is 4.79 Å². The molecule has 0 radical (unpaired) electrons. The first-order chi connectivity index (χ1) is 13.1. The topological polar surface area (TPSA) is 57.5 Å². The predicted octanol–water partition coefficient (Wildman–Crippen LogP) is 4.98. The fourth-order valence-electron chi connectivity index (χ4n) is 3.42. The van der Waals surface area contributed by atoms with Gasteiger partial charge >= 0.3 is 5.91 Å². The standard InChI is InChI=1S/C23H46NO3/c1-3-4-5-6-7-8-9-10-11-12-13-14-15-16-17-18-23(27)24(2,19-21-25)20-22-26/h10-11,25-26H,3-9,12-22H2,1-2H3/q+1/b11-10-. The molecule has 0 saturated heterocycles. The lowest BCUT2D eigenvalue weighted by molar-refractivity contribution is -0.835. The second-order valence-electron chi connectivity index (χ2n) is 8.02. The number of quaternary nitrogens is 1. The summed E-state index contributed by atoms with van der Waals surface area (Å²) in [5.74, 6) is 0.135. The first-order valence-corrected chi connectivity index (χ1v) is 11.4. The van der Waals surface area contributed by atoms with Crippen LogP contribution < -0.4 is 0 Å². The van der Waals surface area contributed by atoms with Gasteiger partial charge in [-0.05, 0) is 32.1 Å². The van der Waals surface area contributed by atoms with E-state index in [0.717, 1.165) is 12.8 Å². The van der Waals surface area contributed by atoms with Crippen molar-refractivity contribution in [3.05, 3.63) is 12.2 Å². The molecule has 0 aliphatic rings. The van der Waals surface area contributed by atoms with Gasteiger partial charge in [-0.3, -0.25) is 4.48 Å². The van der Waals surface area contributed by atoms with Gasteiger partial charge in [0.2, 0.25) is 0 Å². The van der Waals surface area contributed by atoms with E-state index in [0.29, 0.717) is 19.5 Å². The number of hydrogen-bond acceptors (Lipinski definition) is 3. The zero-order chi connectivity index (χ0) is 20.2. The molecule has 0 rings (SSSR count). The third kappa shape index (κ3) is 15.0. The van der Waals surface area contributed by atoms with Crippen LogP contribution in [0, 0.1) is 0 Å². The molecule has 0 aliphatic carbocycles. The van der Waals surface area contributed by atoms with Crippen LogP contribution in [0.1, 0.15) is 96.8 Å². The van der Waals surface area contributed by atoms with Crippen molar-refractivity contribution in [2.45, 2.75) is 96.8 Å². The molecule has 0 aromatic rings. The molecule has 4 heteroatoms. The van der Waals surface area contributed by atoms with Crippen molar-refractivity contribution in [3.63, 3.8) is 0 Å². The molecular formula is C23H46NO3+. The Labute approximate surface area is 168 Å². The molecule has 0 unspecified atom stereocenters. The van der Waals surface area contributed by atoms with Crippen molar-refractivity contribution < 1.29 is 19.5 Å². The van der Waals surface area contributed by atoms with Gasteiger partial charge < -0.3 is 10.2 Å². The van der Waals surface area contributed by atoms with Gasteiger partial charge in [0.1, 0.15) is 13.1 Å². The van der Waals surface area contributed by atoms with Gasteiger partial charge in [-0.15, -0.1) is 0 Å². The normalized spacial score (nSPS) is 12.1. The first kappa shape index (κ1) is 26.3. The van der Waals surface area contributed by atoms with Crippen molar-refractivity contribution in [3.8, 4) is 0 Å². The number of aliphatic hydroxyl groups excluding tert-OH is 2. The van der Waals surface area contributed by atoms with Crippen molar-refractivity contribution in [1.29, 1.82) is 0 Å². The van der Waals surface area contributed by atoms with E-state index >= 15 is 0 Å². The van der Waals surface area contributed by atoms with Gasteiger partial charge in [-0.2, -0.15) is 0 Å². The Hall–Kier alpha value is -0.710. The van der Waals surface area contributed by atoms with Gasteiger partial charge in [0.05, 0.1) is 26.7 Å². The highest BCUT2D eigenvalue weighted by molar-refractivity contribution is 5.68. The molecule has 0 saturated carbocycles. The number of likely N-dealkylation sites (N-methyl/N-ethyl adjacent to an activating group) is 1. The fourth-order valence-corrected chi connectivity index (χ4v) is 3.42. The van der Waals surface area contributed by atoms with Crippen molar-refractivity contribution >= 4 is 5.91 Å². The second kappa shape index (κ2) is 18.6. The average Bonchev–Trinajstić information content (AvgIpc) is 2.65. The maximum Gasteiger partial charge on any atom is 0.313 e. The van der Waals surface area contributed by atoms with Gasteiger partial charge in [0, 0.05) is 0 Å². The first-order valence-electron chi connectivity index (χ1n) is 11.4. The van der Waals surface area contributed by atoms with E-state index in [4.69, 9.17) is 10.2 Å². The molecule has 0 aromatic heterocycles. The average molecular weight is 385 g/mol. The van der Waals surface area contributed by atoms with Crippen LogP contribution in [-0.2, 0) is 4.79 Å². The lowest BCUT2D eigenvalue weighted by Crippen LogP contribution is -2.52. The van der Waals surface area contributed by atoms with Gasteiger partial charge in [-0.25, -0.2) is 4.79 Å². The molecule has 0 heterocycles. The van der Waals surface area contributed by atoms with Crippen molar-refractivity contribution in [2.75, 3.05) is 33.4 Å². The summed E-state index contributed by atoms with van der Waals surface area (Å²) in [6.07, 6.45) is 21.5. The number of amides is 1. The van der Waals surface area contributed by atoms with Gasteiger partial charge in [0.15, 0.2) is 0 Å². The van der Waals surface area contributed by atoms with Crippen LogP contribution >= 0.6 is 0 Å². The molecule has 160 valence electrons. The van der Waals surface area contributed by atoms with Crippen LogP contribution in [0.5, 0.6) is 0 Å². The SMILES string of the molecule is CCCCCCCC/C=C\CCCCCCCC(=O)[N+](C)(CCO)CCO. The maximum absolute atomic E-state index is 12.3. The Balaban J connectivity index is 3.53. The Morgan fingerprint density at radius 1 is 0.741 bits per heavy atom. The molecule has 4 nitrogen and oxygen atoms in total. The summed E-state index contributed by atoms with van der Waals surface area (Å²) >= 11 is 0. The van der Waals surface area contributed by atoms with Crippen LogP contribution in [0.2, 0.25) is 0 Å². The Bertz CT molecular complexity index is 363. The number of allylic oxidation sites excluding steroid dienone is 2. The number of nitrogens with zero attached hydrogens (tertiary/aromatic N) is 1. The Kier molecular flexibility index (Phi) is 18.2. The monoisotopic (exact) mass is 384 g/mol. The fraction of sp³-hybridized carbons (Fsp3) is 0.870. The third-order valence-corrected chi connectivity index (χ3v) is 5.44. The number of rotatable bonds is 19. The summed E-state index contributed by atoms with van der Waals surface area (Å²) in [7, 11) is 1.81. The highest BCUT2D eigenvalue weighted by atomic mass is 16.3. The summed E-state index contributed by atoms with van der Waals surface area (Å²) in [5, 5.41) is 18.3. The van der Waals surface area contributed by atoms with E-state index in [-0.39, 0.29) is 23.6 Å². The molecule has 0 aromatic carbocycles. The summed E-state index contributed by atoms with van der Waals surface area (Å²) in [6.45, 7) is 3.01. The zero-order valence-corrected chi connectivity index (χ0v) is 18.1. The second-order valence-corrected chi connectivity index (χ2v) is 8.02. The number of carbonyl (C=O) groups is 1. The van der Waals surface area contributed by atoms with E-state index in [2.05, 4.69) is 19.1 Å². The third-order valence-electron chi connectivity index (χ3n) is 5.44. The number of unbranched alkanes of at least 4 members (excludes halogenated alkanes) is 11. The molecule has 0 spiro atoms. The van der Waals surface area contributed by atoms with E-state index in [1.807, 2.05) is 7.05 Å². The maximum atomic E-state index is 12.3. The van der Waals surface area contributed by atoms with Crippen LogP contribution in [0.3, 0.4) is 0 Å². The summed E-state index contributed by atoms with van der Waals surface area (Å²) in [5.41, 5.74) is 0. The van der Waals surface area contributed by atoms with E-state index < -0.39 is 0 Å². The van der Waals surface area contributed by atoms with Crippen LogP contribution in [0.4, 0.5) is 0 Å². The molecule has 0 aliphatic heterocycles. The number of hydrogen-bond donors (Lipinski definition) is 2. The molecule has 0 bridgehead atoms. The minimum atomic E-state index is -0.0192. The molecule has 27 heavy (non-hydrogen) atoms.